The second-order valence-electron chi connectivity index (χ2n) is 7.21. The van der Waals surface area contributed by atoms with E-state index in [2.05, 4.69) is 4.99 Å². The Bertz CT molecular complexity index is 1330. The predicted molar refractivity (Wildman–Crippen MR) is 122 cm³/mol. The first kappa shape index (κ1) is 22.5. The minimum absolute atomic E-state index is 0.00280. The molecule has 0 radical (unpaired) electrons. The second kappa shape index (κ2) is 9.87. The number of nitrogens with zero attached hydrogens (tertiary/aromatic N) is 2. The summed E-state index contributed by atoms with van der Waals surface area (Å²) >= 11 is 0.936. The zero-order chi connectivity index (χ0) is 23.4. The van der Waals surface area contributed by atoms with Crippen LogP contribution in [0, 0.1) is 11.6 Å². The number of benzene rings is 3. The van der Waals surface area contributed by atoms with Crippen molar-refractivity contribution in [3.63, 3.8) is 0 Å². The van der Waals surface area contributed by atoms with Crippen LogP contribution in [-0.2, 0) is 20.9 Å². The molecule has 1 amide bonds. The number of rotatable bonds is 6. The van der Waals surface area contributed by atoms with Crippen molar-refractivity contribution in [2.45, 2.75) is 19.4 Å². The predicted octanol–water partition coefficient (Wildman–Crippen LogP) is 4.80. The molecular formula is C25H20F2N2O3S. The molecular weight excluding hydrogens is 446 g/mol. The van der Waals surface area contributed by atoms with Gasteiger partial charge in [0.25, 0.3) is 5.91 Å². The van der Waals surface area contributed by atoms with Gasteiger partial charge in [-0.3, -0.25) is 9.59 Å². The zero-order valence-corrected chi connectivity index (χ0v) is 18.5. The lowest BCUT2D eigenvalue weighted by Crippen LogP contribution is -2.24. The van der Waals surface area contributed by atoms with E-state index in [9.17, 15) is 18.4 Å². The van der Waals surface area contributed by atoms with Crippen molar-refractivity contribution in [1.82, 2.24) is 4.57 Å². The average Bonchev–Trinajstić information content (AvgIpc) is 3.12. The highest BCUT2D eigenvalue weighted by atomic mass is 32.1. The molecule has 4 aromatic rings. The summed E-state index contributed by atoms with van der Waals surface area (Å²) in [6.45, 7) is 1.45. The molecule has 0 bridgehead atoms. The highest BCUT2D eigenvalue weighted by Gasteiger charge is 2.23. The lowest BCUT2D eigenvalue weighted by atomic mass is 9.91. The molecule has 5 nitrogen and oxygen atoms in total. The van der Waals surface area contributed by atoms with E-state index in [0.29, 0.717) is 0 Å². The van der Waals surface area contributed by atoms with E-state index in [-0.39, 0.29) is 28.2 Å². The SMILES string of the molecule is CCOC(=O)Cn1c(=NC(=O)C(c2ccccc2)c2ccccc2)sc2cc(F)cc(F)c21. The van der Waals surface area contributed by atoms with Gasteiger partial charge >= 0.3 is 5.97 Å². The molecule has 0 saturated carbocycles. The second-order valence-corrected chi connectivity index (χ2v) is 8.22. The van der Waals surface area contributed by atoms with Crippen LogP contribution in [0.5, 0.6) is 0 Å². The first-order valence-electron chi connectivity index (χ1n) is 10.3. The van der Waals surface area contributed by atoms with Crippen LogP contribution in [0.4, 0.5) is 8.78 Å². The summed E-state index contributed by atoms with van der Waals surface area (Å²) in [6, 6.07) is 20.2. The number of hydrogen-bond donors (Lipinski definition) is 0. The van der Waals surface area contributed by atoms with Crippen molar-refractivity contribution in [2.24, 2.45) is 4.99 Å². The average molecular weight is 467 g/mol. The first-order valence-corrected chi connectivity index (χ1v) is 11.1. The van der Waals surface area contributed by atoms with Gasteiger partial charge in [0.05, 0.1) is 22.7 Å². The molecule has 168 valence electrons. The van der Waals surface area contributed by atoms with Crippen LogP contribution in [-0.4, -0.2) is 23.1 Å². The Balaban J connectivity index is 1.88. The van der Waals surface area contributed by atoms with Gasteiger partial charge in [-0.25, -0.2) is 8.78 Å². The molecule has 33 heavy (non-hydrogen) atoms. The van der Waals surface area contributed by atoms with E-state index in [0.717, 1.165) is 34.6 Å². The molecule has 3 aromatic carbocycles. The van der Waals surface area contributed by atoms with Crippen LogP contribution < -0.4 is 4.80 Å². The van der Waals surface area contributed by atoms with Crippen LogP contribution >= 0.6 is 11.3 Å². The lowest BCUT2D eigenvalue weighted by Gasteiger charge is -2.14. The molecule has 0 N–H and O–H groups in total. The molecule has 8 heteroatoms. The Kier molecular flexibility index (Phi) is 6.74. The van der Waals surface area contributed by atoms with Gasteiger partial charge in [-0.05, 0) is 24.1 Å². The number of carbonyl (C=O) groups excluding carboxylic acids is 2. The van der Waals surface area contributed by atoms with Gasteiger partial charge in [0, 0.05) is 6.07 Å². The molecule has 0 fully saturated rings. The number of esters is 1. The largest absolute Gasteiger partial charge is 0.465 e. The standard InChI is InChI=1S/C25H20F2N2O3S/c1-2-32-21(30)15-29-23-19(27)13-18(26)14-20(23)33-25(29)28-24(31)22(16-9-5-3-6-10-16)17-11-7-4-8-12-17/h3-14,22H,2,15H2,1H3. The molecule has 0 atom stereocenters. The highest BCUT2D eigenvalue weighted by molar-refractivity contribution is 7.16. The third-order valence-corrected chi connectivity index (χ3v) is 6.03. The number of ether oxygens (including phenoxy) is 1. The van der Waals surface area contributed by atoms with E-state index < -0.39 is 29.4 Å². The summed E-state index contributed by atoms with van der Waals surface area (Å²) in [7, 11) is 0. The molecule has 0 spiro atoms. The summed E-state index contributed by atoms with van der Waals surface area (Å²) < 4.78 is 35.0. The van der Waals surface area contributed by atoms with Crippen molar-refractivity contribution >= 4 is 33.4 Å². The van der Waals surface area contributed by atoms with E-state index in [4.69, 9.17) is 4.74 Å². The van der Waals surface area contributed by atoms with Gasteiger partial charge in [-0.2, -0.15) is 4.99 Å². The van der Waals surface area contributed by atoms with Crippen LogP contribution in [0.25, 0.3) is 10.2 Å². The maximum atomic E-state index is 14.7. The van der Waals surface area contributed by atoms with Crippen LogP contribution in [0.15, 0.2) is 77.8 Å². The van der Waals surface area contributed by atoms with Crippen LogP contribution in [0.1, 0.15) is 24.0 Å². The summed E-state index contributed by atoms with van der Waals surface area (Å²) in [6.07, 6.45) is 0. The quantitative estimate of drug-likeness (QED) is 0.384. The summed E-state index contributed by atoms with van der Waals surface area (Å²) in [4.78, 5) is 30.0. The van der Waals surface area contributed by atoms with Gasteiger partial charge < -0.3 is 9.30 Å². The zero-order valence-electron chi connectivity index (χ0n) is 17.7. The topological polar surface area (TPSA) is 60.7 Å². The molecule has 1 heterocycles. The van der Waals surface area contributed by atoms with Crippen molar-refractivity contribution < 1.29 is 23.1 Å². The Morgan fingerprint density at radius 2 is 1.61 bits per heavy atom. The van der Waals surface area contributed by atoms with E-state index in [1.54, 1.807) is 6.92 Å². The number of fused-ring (bicyclic) bond motifs is 1. The maximum Gasteiger partial charge on any atom is 0.326 e. The minimum Gasteiger partial charge on any atom is -0.465 e. The normalized spacial score (nSPS) is 11.8. The summed E-state index contributed by atoms with van der Waals surface area (Å²) in [5, 5.41) is 0. The molecule has 0 saturated heterocycles. The van der Waals surface area contributed by atoms with Gasteiger partial charge in [0.2, 0.25) is 0 Å². The lowest BCUT2D eigenvalue weighted by molar-refractivity contribution is -0.143. The molecule has 4 rings (SSSR count). The number of aromatic nitrogens is 1. The third-order valence-electron chi connectivity index (χ3n) is 5.01. The Hall–Kier alpha value is -3.65. The van der Waals surface area contributed by atoms with Crippen molar-refractivity contribution in [1.29, 1.82) is 0 Å². The van der Waals surface area contributed by atoms with Gasteiger partial charge in [0.1, 0.15) is 12.4 Å². The Morgan fingerprint density at radius 1 is 1.00 bits per heavy atom. The van der Waals surface area contributed by atoms with Crippen molar-refractivity contribution in [3.05, 3.63) is 100 Å². The molecule has 1 aromatic heterocycles. The highest BCUT2D eigenvalue weighted by Crippen LogP contribution is 2.27. The Labute approximate surface area is 192 Å². The van der Waals surface area contributed by atoms with Crippen LogP contribution in [0.2, 0.25) is 0 Å². The summed E-state index contributed by atoms with van der Waals surface area (Å²) in [5.41, 5.74) is 1.48. The smallest absolute Gasteiger partial charge is 0.326 e. The number of hydrogen-bond acceptors (Lipinski definition) is 4. The van der Waals surface area contributed by atoms with E-state index in [1.165, 1.54) is 4.57 Å². The van der Waals surface area contributed by atoms with E-state index >= 15 is 0 Å². The molecule has 0 unspecified atom stereocenters. The minimum atomic E-state index is -0.845. The van der Waals surface area contributed by atoms with Crippen molar-refractivity contribution in [2.75, 3.05) is 6.61 Å². The number of halogens is 2. The molecule has 0 aliphatic rings. The Morgan fingerprint density at radius 3 is 2.18 bits per heavy atom. The van der Waals surface area contributed by atoms with Gasteiger partial charge in [0.15, 0.2) is 10.6 Å². The fourth-order valence-corrected chi connectivity index (χ4v) is 4.70. The van der Waals surface area contributed by atoms with E-state index in [1.807, 2.05) is 60.7 Å². The van der Waals surface area contributed by atoms with Crippen LogP contribution in [0.3, 0.4) is 0 Å². The first-order chi connectivity index (χ1) is 16.0. The fourth-order valence-electron chi connectivity index (χ4n) is 3.62. The molecule has 0 aliphatic heterocycles. The molecule has 0 aliphatic carbocycles. The number of thiazole rings is 1. The number of amides is 1. The van der Waals surface area contributed by atoms with Gasteiger partial charge in [-0.1, -0.05) is 72.0 Å². The van der Waals surface area contributed by atoms with Gasteiger partial charge in [-0.15, -0.1) is 0 Å². The monoisotopic (exact) mass is 466 g/mol. The maximum absolute atomic E-state index is 14.7. The van der Waals surface area contributed by atoms with Crippen molar-refractivity contribution in [3.8, 4) is 0 Å². The number of carbonyl (C=O) groups is 2. The third kappa shape index (κ3) is 4.90. The summed E-state index contributed by atoms with van der Waals surface area (Å²) in [5.74, 6) is -3.40. The fraction of sp³-hybridized carbons (Fsp3) is 0.160.